The number of ether oxygens (including phenoxy) is 2. The predicted octanol–water partition coefficient (Wildman–Crippen LogP) is 0.0923. The van der Waals surface area contributed by atoms with Gasteiger partial charge in [0.1, 0.15) is 6.61 Å². The van der Waals surface area contributed by atoms with Crippen LogP contribution in [0, 0.1) is 5.92 Å². The standard InChI is InChI=1S/C10H17NO4/c1-8(12)15-6-4-11-10(13)9-3-2-5-14-7-9/h9H,2-7H2,1H3,(H,11,13). The van der Waals surface area contributed by atoms with Crippen molar-refractivity contribution in [1.82, 2.24) is 5.32 Å². The highest BCUT2D eigenvalue weighted by atomic mass is 16.5. The largest absolute Gasteiger partial charge is 0.464 e. The maximum absolute atomic E-state index is 11.5. The number of nitrogens with one attached hydrogen (secondary N) is 1. The minimum absolute atomic E-state index is 0.0122. The lowest BCUT2D eigenvalue weighted by Crippen LogP contribution is -2.37. The predicted molar refractivity (Wildman–Crippen MR) is 53.2 cm³/mol. The van der Waals surface area contributed by atoms with Gasteiger partial charge < -0.3 is 14.8 Å². The Labute approximate surface area is 89.1 Å². The van der Waals surface area contributed by atoms with E-state index in [-0.39, 0.29) is 24.4 Å². The number of rotatable bonds is 4. The van der Waals surface area contributed by atoms with E-state index in [4.69, 9.17) is 9.47 Å². The van der Waals surface area contributed by atoms with E-state index in [0.29, 0.717) is 13.2 Å². The Bertz CT molecular complexity index is 223. The zero-order chi connectivity index (χ0) is 11.1. The molecule has 1 fully saturated rings. The second kappa shape index (κ2) is 6.40. The molecule has 0 aromatic rings. The minimum Gasteiger partial charge on any atom is -0.464 e. The van der Waals surface area contributed by atoms with Gasteiger partial charge in [0.15, 0.2) is 0 Å². The van der Waals surface area contributed by atoms with Gasteiger partial charge >= 0.3 is 5.97 Å². The van der Waals surface area contributed by atoms with Crippen LogP contribution in [-0.2, 0) is 19.1 Å². The van der Waals surface area contributed by atoms with E-state index in [0.717, 1.165) is 19.4 Å². The summed E-state index contributed by atoms with van der Waals surface area (Å²) < 4.78 is 9.90. The number of amides is 1. The summed E-state index contributed by atoms with van der Waals surface area (Å²) in [5.41, 5.74) is 0. The van der Waals surface area contributed by atoms with Crippen LogP contribution in [0.5, 0.6) is 0 Å². The summed E-state index contributed by atoms with van der Waals surface area (Å²) in [4.78, 5) is 21.9. The van der Waals surface area contributed by atoms with Crippen LogP contribution in [0.3, 0.4) is 0 Å². The lowest BCUT2D eigenvalue weighted by Gasteiger charge is -2.21. The molecule has 1 amide bonds. The van der Waals surface area contributed by atoms with E-state index in [1.54, 1.807) is 0 Å². The van der Waals surface area contributed by atoms with Crippen LogP contribution < -0.4 is 5.32 Å². The van der Waals surface area contributed by atoms with Crippen LogP contribution in [0.1, 0.15) is 19.8 Å². The van der Waals surface area contributed by atoms with Crippen molar-refractivity contribution < 1.29 is 19.1 Å². The number of esters is 1. The third-order valence-corrected chi connectivity index (χ3v) is 2.24. The molecule has 0 aromatic heterocycles. The van der Waals surface area contributed by atoms with E-state index >= 15 is 0 Å². The van der Waals surface area contributed by atoms with Gasteiger partial charge in [0.05, 0.1) is 19.1 Å². The second-order valence-corrected chi connectivity index (χ2v) is 3.55. The van der Waals surface area contributed by atoms with Crippen molar-refractivity contribution in [3.05, 3.63) is 0 Å². The second-order valence-electron chi connectivity index (χ2n) is 3.55. The van der Waals surface area contributed by atoms with Gasteiger partial charge in [0.2, 0.25) is 5.91 Å². The molecule has 1 N–H and O–H groups in total. The van der Waals surface area contributed by atoms with E-state index in [1.807, 2.05) is 0 Å². The van der Waals surface area contributed by atoms with Crippen molar-refractivity contribution in [2.45, 2.75) is 19.8 Å². The molecule has 0 radical (unpaired) electrons. The Kier molecular flexibility index (Phi) is 5.10. The van der Waals surface area contributed by atoms with Gasteiger partial charge in [0.25, 0.3) is 0 Å². The summed E-state index contributed by atoms with van der Waals surface area (Å²) >= 11 is 0. The summed E-state index contributed by atoms with van der Waals surface area (Å²) in [5, 5.41) is 2.71. The Morgan fingerprint density at radius 2 is 2.33 bits per heavy atom. The Morgan fingerprint density at radius 1 is 1.53 bits per heavy atom. The molecular weight excluding hydrogens is 198 g/mol. The summed E-state index contributed by atoms with van der Waals surface area (Å²) in [6.45, 7) is 3.19. The summed E-state index contributed by atoms with van der Waals surface area (Å²) in [5.74, 6) is -0.386. The van der Waals surface area contributed by atoms with E-state index in [2.05, 4.69) is 5.32 Å². The van der Waals surface area contributed by atoms with Crippen LogP contribution in [0.4, 0.5) is 0 Å². The minimum atomic E-state index is -0.328. The average molecular weight is 215 g/mol. The van der Waals surface area contributed by atoms with Crippen LogP contribution in [0.2, 0.25) is 0 Å². The topological polar surface area (TPSA) is 64.6 Å². The summed E-state index contributed by atoms with van der Waals surface area (Å²) in [6, 6.07) is 0. The maximum Gasteiger partial charge on any atom is 0.302 e. The number of carbonyl (C=O) groups excluding carboxylic acids is 2. The van der Waals surface area contributed by atoms with Crippen molar-refractivity contribution in [1.29, 1.82) is 0 Å². The Hall–Kier alpha value is -1.10. The smallest absolute Gasteiger partial charge is 0.302 e. The molecule has 0 saturated carbocycles. The zero-order valence-corrected chi connectivity index (χ0v) is 8.95. The van der Waals surface area contributed by atoms with Crippen LogP contribution in [-0.4, -0.2) is 38.2 Å². The third kappa shape index (κ3) is 4.78. The molecule has 0 aliphatic carbocycles. The summed E-state index contributed by atoms with van der Waals surface area (Å²) in [6.07, 6.45) is 1.81. The van der Waals surface area contributed by atoms with E-state index in [1.165, 1.54) is 6.92 Å². The van der Waals surface area contributed by atoms with Crippen molar-refractivity contribution in [2.24, 2.45) is 5.92 Å². The molecule has 5 heteroatoms. The molecule has 1 unspecified atom stereocenters. The molecule has 0 bridgehead atoms. The highest BCUT2D eigenvalue weighted by molar-refractivity contribution is 5.78. The van der Waals surface area contributed by atoms with Gasteiger partial charge in [-0.3, -0.25) is 9.59 Å². The number of hydrogen-bond donors (Lipinski definition) is 1. The van der Waals surface area contributed by atoms with Gasteiger partial charge in [0, 0.05) is 13.5 Å². The Morgan fingerprint density at radius 3 is 2.93 bits per heavy atom. The molecule has 1 heterocycles. The molecule has 86 valence electrons. The van der Waals surface area contributed by atoms with Crippen LogP contribution >= 0.6 is 0 Å². The van der Waals surface area contributed by atoms with Gasteiger partial charge in [-0.25, -0.2) is 0 Å². The van der Waals surface area contributed by atoms with Gasteiger partial charge in [-0.2, -0.15) is 0 Å². The molecule has 15 heavy (non-hydrogen) atoms. The number of hydrogen-bond acceptors (Lipinski definition) is 4. The molecule has 1 rings (SSSR count). The summed E-state index contributed by atoms with van der Waals surface area (Å²) in [7, 11) is 0. The highest BCUT2D eigenvalue weighted by Crippen LogP contribution is 2.12. The molecule has 1 atom stereocenters. The average Bonchev–Trinajstić information content (AvgIpc) is 2.25. The van der Waals surface area contributed by atoms with Crippen molar-refractivity contribution in [3.8, 4) is 0 Å². The van der Waals surface area contributed by atoms with Gasteiger partial charge in [-0.05, 0) is 12.8 Å². The van der Waals surface area contributed by atoms with E-state index < -0.39 is 0 Å². The van der Waals surface area contributed by atoms with Crippen LogP contribution in [0.15, 0.2) is 0 Å². The van der Waals surface area contributed by atoms with Crippen LogP contribution in [0.25, 0.3) is 0 Å². The molecular formula is C10H17NO4. The molecule has 1 saturated heterocycles. The van der Waals surface area contributed by atoms with Crippen molar-refractivity contribution in [3.63, 3.8) is 0 Å². The maximum atomic E-state index is 11.5. The SMILES string of the molecule is CC(=O)OCCNC(=O)C1CCCOC1. The molecule has 0 aromatic carbocycles. The highest BCUT2D eigenvalue weighted by Gasteiger charge is 2.20. The quantitative estimate of drug-likeness (QED) is 0.533. The fourth-order valence-corrected chi connectivity index (χ4v) is 1.46. The monoisotopic (exact) mass is 215 g/mol. The molecule has 5 nitrogen and oxygen atoms in total. The normalized spacial score (nSPS) is 20.7. The first-order valence-corrected chi connectivity index (χ1v) is 5.19. The third-order valence-electron chi connectivity index (χ3n) is 2.24. The van der Waals surface area contributed by atoms with E-state index in [9.17, 15) is 9.59 Å². The molecule has 1 aliphatic heterocycles. The molecule has 1 aliphatic rings. The fraction of sp³-hybridized carbons (Fsp3) is 0.800. The molecule has 0 spiro atoms. The van der Waals surface area contributed by atoms with Gasteiger partial charge in [-0.1, -0.05) is 0 Å². The first-order chi connectivity index (χ1) is 7.20. The zero-order valence-electron chi connectivity index (χ0n) is 8.95. The first kappa shape index (κ1) is 12.0. The van der Waals surface area contributed by atoms with Crippen molar-refractivity contribution >= 4 is 11.9 Å². The lowest BCUT2D eigenvalue weighted by atomic mass is 10.0. The lowest BCUT2D eigenvalue weighted by molar-refractivity contribution is -0.141. The van der Waals surface area contributed by atoms with Gasteiger partial charge in [-0.15, -0.1) is 0 Å². The number of carbonyl (C=O) groups is 2. The fourth-order valence-electron chi connectivity index (χ4n) is 1.46. The Balaban J connectivity index is 2.09. The van der Waals surface area contributed by atoms with Crippen molar-refractivity contribution in [2.75, 3.05) is 26.4 Å². The first-order valence-electron chi connectivity index (χ1n) is 5.19.